The number of carbonyl (C=O) groups excluding carboxylic acids is 2. The van der Waals surface area contributed by atoms with Gasteiger partial charge in [-0.2, -0.15) is 0 Å². The fourth-order valence-corrected chi connectivity index (χ4v) is 1.80. The quantitative estimate of drug-likeness (QED) is 0.745. The molecule has 1 heterocycles. The number of halogens is 1. The average Bonchev–Trinajstić information content (AvgIpc) is 2.62. The van der Waals surface area contributed by atoms with Crippen LogP contribution in [-0.2, 0) is 14.3 Å². The number of nitrogens with two attached hydrogens (primary N) is 1. The number of rotatable bonds is 2. The molecule has 0 aromatic carbocycles. The second kappa shape index (κ2) is 6.21. The van der Waals surface area contributed by atoms with Gasteiger partial charge in [-0.15, -0.1) is 12.4 Å². The molecular formula is C11H21ClN2O3. The van der Waals surface area contributed by atoms with Gasteiger partial charge in [0.1, 0.15) is 11.6 Å². The summed E-state index contributed by atoms with van der Waals surface area (Å²) in [6.45, 7) is 5.98. The summed E-state index contributed by atoms with van der Waals surface area (Å²) in [6, 6.07) is -0.449. The van der Waals surface area contributed by atoms with E-state index >= 15 is 0 Å². The molecule has 0 radical (unpaired) electrons. The lowest BCUT2D eigenvalue weighted by Crippen LogP contribution is -2.45. The van der Waals surface area contributed by atoms with Gasteiger partial charge in [0.2, 0.25) is 5.91 Å². The Hall–Kier alpha value is -0.810. The van der Waals surface area contributed by atoms with E-state index in [1.165, 1.54) is 4.90 Å². The van der Waals surface area contributed by atoms with Crippen LogP contribution in [0, 0.1) is 0 Å². The van der Waals surface area contributed by atoms with E-state index in [-0.39, 0.29) is 30.8 Å². The van der Waals surface area contributed by atoms with E-state index in [0.29, 0.717) is 13.0 Å². The lowest BCUT2D eigenvalue weighted by Gasteiger charge is -2.27. The highest BCUT2D eigenvalue weighted by atomic mass is 35.5. The Morgan fingerprint density at radius 2 is 2.00 bits per heavy atom. The smallest absolute Gasteiger partial charge is 0.329 e. The van der Waals surface area contributed by atoms with E-state index in [2.05, 4.69) is 0 Å². The SMILES string of the molecule is CC(C)(C)OC(=O)C1CCCN1C(=O)CN.Cl. The normalized spacial score (nSPS) is 19.8. The predicted molar refractivity (Wildman–Crippen MR) is 66.9 cm³/mol. The van der Waals surface area contributed by atoms with Crippen LogP contribution in [-0.4, -0.2) is 41.5 Å². The second-order valence-corrected chi connectivity index (χ2v) is 4.98. The first-order valence-corrected chi connectivity index (χ1v) is 5.57. The van der Waals surface area contributed by atoms with Crippen LogP contribution in [0.1, 0.15) is 33.6 Å². The van der Waals surface area contributed by atoms with E-state index in [1.807, 2.05) is 20.8 Å². The average molecular weight is 265 g/mol. The maximum absolute atomic E-state index is 11.8. The summed E-state index contributed by atoms with van der Waals surface area (Å²) in [4.78, 5) is 24.8. The highest BCUT2D eigenvalue weighted by Gasteiger charge is 2.36. The van der Waals surface area contributed by atoms with Crippen LogP contribution < -0.4 is 5.73 Å². The van der Waals surface area contributed by atoms with Gasteiger partial charge in [-0.25, -0.2) is 4.79 Å². The van der Waals surface area contributed by atoms with Gasteiger partial charge in [-0.1, -0.05) is 0 Å². The van der Waals surface area contributed by atoms with E-state index < -0.39 is 11.6 Å². The number of esters is 1. The molecule has 5 nitrogen and oxygen atoms in total. The molecule has 0 aliphatic carbocycles. The van der Waals surface area contributed by atoms with Gasteiger partial charge in [-0.05, 0) is 33.6 Å². The molecule has 0 aromatic rings. The largest absolute Gasteiger partial charge is 0.458 e. The molecule has 1 fully saturated rings. The van der Waals surface area contributed by atoms with E-state index in [1.54, 1.807) is 0 Å². The molecule has 2 N–H and O–H groups in total. The van der Waals surface area contributed by atoms with Gasteiger partial charge in [-0.3, -0.25) is 4.79 Å². The standard InChI is InChI=1S/C11H20N2O3.ClH/c1-11(2,3)16-10(15)8-5-4-6-13(8)9(14)7-12;/h8H,4-7,12H2,1-3H3;1H. The molecule has 1 saturated heterocycles. The number of hydrogen-bond donors (Lipinski definition) is 1. The van der Waals surface area contributed by atoms with E-state index in [4.69, 9.17) is 10.5 Å². The molecule has 17 heavy (non-hydrogen) atoms. The zero-order valence-corrected chi connectivity index (χ0v) is 11.4. The highest BCUT2D eigenvalue weighted by Crippen LogP contribution is 2.20. The minimum absolute atomic E-state index is 0. The zero-order valence-electron chi connectivity index (χ0n) is 10.6. The van der Waals surface area contributed by atoms with Crippen molar-refractivity contribution in [3.63, 3.8) is 0 Å². The van der Waals surface area contributed by atoms with Crippen molar-refractivity contribution in [3.05, 3.63) is 0 Å². The minimum atomic E-state index is -0.517. The van der Waals surface area contributed by atoms with Crippen LogP contribution in [0.2, 0.25) is 0 Å². The molecule has 0 spiro atoms. The number of carbonyl (C=O) groups is 2. The summed E-state index contributed by atoms with van der Waals surface area (Å²) < 4.78 is 5.27. The van der Waals surface area contributed by atoms with Crippen LogP contribution in [0.25, 0.3) is 0 Å². The summed E-state index contributed by atoms with van der Waals surface area (Å²) >= 11 is 0. The van der Waals surface area contributed by atoms with Crippen molar-refractivity contribution < 1.29 is 14.3 Å². The van der Waals surface area contributed by atoms with Crippen molar-refractivity contribution in [2.45, 2.75) is 45.3 Å². The molecule has 0 saturated carbocycles. The first-order valence-electron chi connectivity index (χ1n) is 5.57. The molecular weight excluding hydrogens is 244 g/mol. The van der Waals surface area contributed by atoms with Crippen LogP contribution >= 0.6 is 12.4 Å². The Morgan fingerprint density at radius 3 is 2.47 bits per heavy atom. The second-order valence-electron chi connectivity index (χ2n) is 4.98. The molecule has 0 aromatic heterocycles. The lowest BCUT2D eigenvalue weighted by atomic mass is 10.1. The Bertz CT molecular complexity index is 289. The van der Waals surface area contributed by atoms with Crippen LogP contribution in [0.15, 0.2) is 0 Å². The Kier molecular flexibility index (Phi) is 5.92. The maximum atomic E-state index is 11.8. The van der Waals surface area contributed by atoms with Crippen LogP contribution in [0.3, 0.4) is 0 Å². The summed E-state index contributed by atoms with van der Waals surface area (Å²) in [5.41, 5.74) is 4.78. The van der Waals surface area contributed by atoms with Crippen molar-refractivity contribution in [1.82, 2.24) is 4.90 Å². The Morgan fingerprint density at radius 1 is 1.41 bits per heavy atom. The highest BCUT2D eigenvalue weighted by molar-refractivity contribution is 5.86. The molecule has 100 valence electrons. The Labute approximate surface area is 108 Å². The molecule has 1 atom stereocenters. The molecule has 1 unspecified atom stereocenters. The van der Waals surface area contributed by atoms with Gasteiger partial charge >= 0.3 is 5.97 Å². The van der Waals surface area contributed by atoms with Crippen molar-refractivity contribution in [2.75, 3.05) is 13.1 Å². The summed E-state index contributed by atoms with van der Waals surface area (Å²) in [5, 5.41) is 0. The molecule has 1 amide bonds. The van der Waals surface area contributed by atoms with Crippen LogP contribution in [0.5, 0.6) is 0 Å². The first-order chi connectivity index (χ1) is 7.35. The summed E-state index contributed by atoms with van der Waals surface area (Å²) in [7, 11) is 0. The molecule has 0 bridgehead atoms. The third-order valence-corrected chi connectivity index (χ3v) is 2.43. The number of likely N-dealkylation sites (tertiary alicyclic amines) is 1. The topological polar surface area (TPSA) is 72.6 Å². The third-order valence-electron chi connectivity index (χ3n) is 2.43. The molecule has 1 aliphatic rings. The van der Waals surface area contributed by atoms with Crippen molar-refractivity contribution in [2.24, 2.45) is 5.73 Å². The fraction of sp³-hybridized carbons (Fsp3) is 0.818. The van der Waals surface area contributed by atoms with Gasteiger partial charge in [0.25, 0.3) is 0 Å². The predicted octanol–water partition coefficient (Wildman–Crippen LogP) is 0.700. The fourth-order valence-electron chi connectivity index (χ4n) is 1.80. The number of ether oxygens (including phenoxy) is 1. The van der Waals surface area contributed by atoms with Gasteiger partial charge in [0.15, 0.2) is 0 Å². The summed E-state index contributed by atoms with van der Waals surface area (Å²) in [5.74, 6) is -0.514. The zero-order chi connectivity index (χ0) is 12.3. The molecule has 6 heteroatoms. The van der Waals surface area contributed by atoms with Crippen molar-refractivity contribution >= 4 is 24.3 Å². The Balaban J connectivity index is 0.00000256. The molecule has 1 aliphatic heterocycles. The number of nitrogens with zero attached hydrogens (tertiary/aromatic N) is 1. The first kappa shape index (κ1) is 16.2. The van der Waals surface area contributed by atoms with Crippen molar-refractivity contribution in [3.8, 4) is 0 Å². The molecule has 1 rings (SSSR count). The minimum Gasteiger partial charge on any atom is -0.458 e. The van der Waals surface area contributed by atoms with Crippen molar-refractivity contribution in [1.29, 1.82) is 0 Å². The van der Waals surface area contributed by atoms with Crippen LogP contribution in [0.4, 0.5) is 0 Å². The summed E-state index contributed by atoms with van der Waals surface area (Å²) in [6.07, 6.45) is 1.50. The lowest BCUT2D eigenvalue weighted by molar-refractivity contribution is -0.163. The number of hydrogen-bond acceptors (Lipinski definition) is 4. The number of amides is 1. The van der Waals surface area contributed by atoms with Gasteiger partial charge in [0, 0.05) is 6.54 Å². The van der Waals surface area contributed by atoms with Gasteiger partial charge in [0.05, 0.1) is 6.54 Å². The maximum Gasteiger partial charge on any atom is 0.329 e. The third kappa shape index (κ3) is 4.52. The monoisotopic (exact) mass is 264 g/mol. The van der Waals surface area contributed by atoms with E-state index in [0.717, 1.165) is 6.42 Å². The van der Waals surface area contributed by atoms with E-state index in [9.17, 15) is 9.59 Å². The van der Waals surface area contributed by atoms with Gasteiger partial charge < -0.3 is 15.4 Å².